The second-order valence-electron chi connectivity index (χ2n) is 2.85. The molecule has 4 heteroatoms. The Bertz CT molecular complexity index is 227. The molecule has 1 atom stereocenters. The molecule has 0 radical (unpaired) electrons. The average molecular weight is 177 g/mol. The van der Waals surface area contributed by atoms with E-state index < -0.39 is 11.7 Å². The molecule has 0 aromatic carbocycles. The fourth-order valence-corrected chi connectivity index (χ4v) is 0.926. The lowest BCUT2D eigenvalue weighted by molar-refractivity contribution is -0.0896. The van der Waals surface area contributed by atoms with Crippen molar-refractivity contribution in [2.45, 2.75) is 19.1 Å². The van der Waals surface area contributed by atoms with Crippen molar-refractivity contribution < 1.29 is 13.2 Å². The second kappa shape index (κ2) is 2.84. The van der Waals surface area contributed by atoms with Gasteiger partial charge in [0.15, 0.2) is 0 Å². The molecule has 68 valence electrons. The van der Waals surface area contributed by atoms with Gasteiger partial charge in [0, 0.05) is 19.3 Å². The Balaban J connectivity index is 2.84. The van der Waals surface area contributed by atoms with Gasteiger partial charge in [-0.1, -0.05) is 12.2 Å². The third-order valence-electron chi connectivity index (χ3n) is 1.87. The first-order valence-corrected chi connectivity index (χ1v) is 3.60. The van der Waals surface area contributed by atoms with Crippen molar-refractivity contribution in [1.29, 1.82) is 0 Å². The molecule has 1 aliphatic heterocycles. The van der Waals surface area contributed by atoms with E-state index in [-0.39, 0.29) is 6.04 Å². The largest absolute Gasteiger partial charge is 0.417 e. The Kier molecular flexibility index (Phi) is 2.17. The predicted molar refractivity (Wildman–Crippen MR) is 40.5 cm³/mol. The van der Waals surface area contributed by atoms with Gasteiger partial charge in [-0.2, -0.15) is 13.2 Å². The minimum Gasteiger partial charge on any atom is -0.374 e. The van der Waals surface area contributed by atoms with Crippen LogP contribution in [-0.2, 0) is 0 Å². The minimum absolute atomic E-state index is 0.0381. The Morgan fingerprint density at radius 2 is 2.00 bits per heavy atom. The van der Waals surface area contributed by atoms with Crippen LogP contribution in [0.15, 0.2) is 23.9 Å². The van der Waals surface area contributed by atoms with Gasteiger partial charge in [0.25, 0.3) is 0 Å². The summed E-state index contributed by atoms with van der Waals surface area (Å²) in [7, 11) is 1.62. The highest BCUT2D eigenvalue weighted by molar-refractivity contribution is 5.27. The molecule has 1 rings (SSSR count). The first-order valence-electron chi connectivity index (χ1n) is 3.60. The predicted octanol–water partition coefficient (Wildman–Crippen LogP) is 2.32. The van der Waals surface area contributed by atoms with Crippen molar-refractivity contribution in [3.8, 4) is 0 Å². The molecular weight excluding hydrogens is 167 g/mol. The average Bonchev–Trinajstić information content (AvgIpc) is 1.92. The van der Waals surface area contributed by atoms with E-state index in [2.05, 4.69) is 0 Å². The fourth-order valence-electron chi connectivity index (χ4n) is 0.926. The van der Waals surface area contributed by atoms with Gasteiger partial charge in [0.1, 0.15) is 0 Å². The monoisotopic (exact) mass is 177 g/mol. The van der Waals surface area contributed by atoms with Gasteiger partial charge in [-0.05, 0) is 6.92 Å². The van der Waals surface area contributed by atoms with Crippen LogP contribution in [0.3, 0.4) is 0 Å². The van der Waals surface area contributed by atoms with Gasteiger partial charge in [-0.3, -0.25) is 0 Å². The molecule has 1 heterocycles. The van der Waals surface area contributed by atoms with E-state index in [1.165, 1.54) is 11.0 Å². The SMILES string of the molecule is CC1C=CC(C(F)(F)F)=CN1C. The molecule has 0 bridgehead atoms. The molecule has 1 aliphatic rings. The zero-order chi connectivity index (χ0) is 9.35. The molecule has 0 saturated carbocycles. The maximum Gasteiger partial charge on any atom is 0.417 e. The van der Waals surface area contributed by atoms with E-state index in [0.29, 0.717) is 0 Å². The van der Waals surface area contributed by atoms with Crippen LogP contribution in [-0.4, -0.2) is 24.2 Å². The second-order valence-corrected chi connectivity index (χ2v) is 2.85. The van der Waals surface area contributed by atoms with E-state index in [4.69, 9.17) is 0 Å². The Morgan fingerprint density at radius 3 is 2.42 bits per heavy atom. The summed E-state index contributed by atoms with van der Waals surface area (Å²) in [5, 5.41) is 0. The molecule has 12 heavy (non-hydrogen) atoms. The van der Waals surface area contributed by atoms with Gasteiger partial charge in [-0.25, -0.2) is 0 Å². The summed E-state index contributed by atoms with van der Waals surface area (Å²) in [4.78, 5) is 1.53. The van der Waals surface area contributed by atoms with Crippen LogP contribution in [0.1, 0.15) is 6.92 Å². The van der Waals surface area contributed by atoms with Gasteiger partial charge >= 0.3 is 6.18 Å². The smallest absolute Gasteiger partial charge is 0.374 e. The summed E-state index contributed by atoms with van der Waals surface area (Å²) in [5.41, 5.74) is -0.594. The summed E-state index contributed by atoms with van der Waals surface area (Å²) < 4.78 is 36.3. The standard InChI is InChI=1S/C8H10F3N/c1-6-3-4-7(5-12(6)2)8(9,10)11/h3-6H,1-2H3. The number of allylic oxidation sites excluding steroid dienone is 2. The van der Waals surface area contributed by atoms with E-state index in [1.54, 1.807) is 7.05 Å². The number of halogens is 3. The topological polar surface area (TPSA) is 3.24 Å². The molecule has 1 nitrogen and oxygen atoms in total. The maximum atomic E-state index is 12.1. The lowest BCUT2D eigenvalue weighted by atomic mass is 10.1. The van der Waals surface area contributed by atoms with Gasteiger partial charge in [0.05, 0.1) is 5.57 Å². The normalized spacial score (nSPS) is 24.2. The first-order chi connectivity index (χ1) is 5.41. The molecule has 1 unspecified atom stereocenters. The van der Waals surface area contributed by atoms with E-state index in [1.807, 2.05) is 6.92 Å². The number of nitrogens with zero attached hydrogens (tertiary/aromatic N) is 1. The quantitative estimate of drug-likeness (QED) is 0.548. The van der Waals surface area contributed by atoms with Gasteiger partial charge in [-0.15, -0.1) is 0 Å². The van der Waals surface area contributed by atoms with Crippen molar-refractivity contribution in [2.75, 3.05) is 7.05 Å². The maximum absolute atomic E-state index is 12.1. The molecule has 0 saturated heterocycles. The number of alkyl halides is 3. The highest BCUT2D eigenvalue weighted by atomic mass is 19.4. The number of hydrogen-bond acceptors (Lipinski definition) is 1. The molecule has 0 amide bonds. The highest BCUT2D eigenvalue weighted by Crippen LogP contribution is 2.29. The zero-order valence-electron chi connectivity index (χ0n) is 6.89. The minimum atomic E-state index is -4.23. The summed E-state index contributed by atoms with van der Waals surface area (Å²) in [6, 6.07) is 0.0381. The van der Waals surface area contributed by atoms with Crippen LogP contribution in [0.5, 0.6) is 0 Å². The van der Waals surface area contributed by atoms with Crippen molar-refractivity contribution in [2.24, 2.45) is 0 Å². The Hall–Kier alpha value is -0.930. The number of hydrogen-bond donors (Lipinski definition) is 0. The van der Waals surface area contributed by atoms with Gasteiger partial charge in [0.2, 0.25) is 0 Å². The summed E-state index contributed by atoms with van der Waals surface area (Å²) in [5.74, 6) is 0. The summed E-state index contributed by atoms with van der Waals surface area (Å²) in [6.45, 7) is 1.83. The van der Waals surface area contributed by atoms with Crippen LogP contribution in [0.4, 0.5) is 13.2 Å². The van der Waals surface area contributed by atoms with Crippen molar-refractivity contribution >= 4 is 0 Å². The lowest BCUT2D eigenvalue weighted by Crippen LogP contribution is -2.27. The molecule has 0 aromatic heterocycles. The van der Waals surface area contributed by atoms with E-state index >= 15 is 0 Å². The summed E-state index contributed by atoms with van der Waals surface area (Å²) in [6.07, 6.45) is -0.469. The molecule has 0 N–H and O–H groups in total. The van der Waals surface area contributed by atoms with Crippen LogP contribution >= 0.6 is 0 Å². The van der Waals surface area contributed by atoms with Crippen molar-refractivity contribution in [1.82, 2.24) is 4.90 Å². The zero-order valence-corrected chi connectivity index (χ0v) is 6.89. The highest BCUT2D eigenvalue weighted by Gasteiger charge is 2.33. The number of likely N-dealkylation sites (N-methyl/N-ethyl adjacent to an activating group) is 1. The molecule has 0 aromatic rings. The summed E-state index contributed by atoms with van der Waals surface area (Å²) >= 11 is 0. The fraction of sp³-hybridized carbons (Fsp3) is 0.500. The third-order valence-corrected chi connectivity index (χ3v) is 1.87. The first kappa shape index (κ1) is 9.16. The Morgan fingerprint density at radius 1 is 1.42 bits per heavy atom. The van der Waals surface area contributed by atoms with Crippen molar-refractivity contribution in [3.05, 3.63) is 23.9 Å². The van der Waals surface area contributed by atoms with Crippen LogP contribution < -0.4 is 0 Å². The van der Waals surface area contributed by atoms with E-state index in [0.717, 1.165) is 12.3 Å². The lowest BCUT2D eigenvalue weighted by Gasteiger charge is -2.25. The van der Waals surface area contributed by atoms with Crippen molar-refractivity contribution in [3.63, 3.8) is 0 Å². The Labute approximate surface area is 69.2 Å². The van der Waals surface area contributed by atoms with Crippen LogP contribution in [0.2, 0.25) is 0 Å². The number of rotatable bonds is 0. The molecule has 0 spiro atoms. The van der Waals surface area contributed by atoms with Crippen LogP contribution in [0.25, 0.3) is 0 Å². The molecule has 0 aliphatic carbocycles. The molecule has 0 fully saturated rings. The third kappa shape index (κ3) is 1.81. The van der Waals surface area contributed by atoms with Gasteiger partial charge < -0.3 is 4.90 Å². The van der Waals surface area contributed by atoms with Crippen LogP contribution in [0, 0.1) is 0 Å². The van der Waals surface area contributed by atoms with E-state index in [9.17, 15) is 13.2 Å². The molecular formula is C8H10F3N.